The van der Waals surface area contributed by atoms with Crippen molar-refractivity contribution in [1.82, 2.24) is 19.8 Å². The lowest BCUT2D eigenvalue weighted by Gasteiger charge is -2.34. The van der Waals surface area contributed by atoms with Crippen molar-refractivity contribution in [3.63, 3.8) is 0 Å². The van der Waals surface area contributed by atoms with Gasteiger partial charge in [-0.05, 0) is 49.0 Å². The van der Waals surface area contributed by atoms with E-state index in [0.717, 1.165) is 92.4 Å². The lowest BCUT2D eigenvalue weighted by molar-refractivity contribution is 0.174. The zero-order valence-corrected chi connectivity index (χ0v) is 20.8. The van der Waals surface area contributed by atoms with E-state index in [1.165, 1.54) is 5.56 Å². The normalized spacial score (nSPS) is 17.7. The predicted octanol–water partition coefficient (Wildman–Crippen LogP) is 3.32. The zero-order chi connectivity index (χ0) is 24.5. The molecule has 1 aromatic heterocycles. The molecular formula is C27H31N5O4. The third-order valence-electron chi connectivity index (χ3n) is 6.99. The van der Waals surface area contributed by atoms with Crippen molar-refractivity contribution in [3.8, 4) is 28.9 Å². The third-order valence-corrected chi connectivity index (χ3v) is 6.99. The molecule has 9 nitrogen and oxygen atoms in total. The maximum Gasteiger partial charge on any atom is 0.231 e. The first kappa shape index (κ1) is 22.9. The first-order valence-electron chi connectivity index (χ1n) is 12.4. The minimum atomic E-state index is 0.287. The summed E-state index contributed by atoms with van der Waals surface area (Å²) in [6.07, 6.45) is 0.849. The van der Waals surface area contributed by atoms with Gasteiger partial charge in [0.05, 0.1) is 18.4 Å². The fraction of sp³-hybridized carbons (Fsp3) is 0.407. The number of hydrogen-bond donors (Lipinski definition) is 0. The van der Waals surface area contributed by atoms with Crippen LogP contribution >= 0.6 is 0 Å². The molecule has 3 aliphatic heterocycles. The molecule has 0 bridgehead atoms. The molecule has 0 spiro atoms. The third kappa shape index (κ3) is 4.76. The predicted molar refractivity (Wildman–Crippen MR) is 135 cm³/mol. The van der Waals surface area contributed by atoms with E-state index >= 15 is 0 Å². The summed E-state index contributed by atoms with van der Waals surface area (Å²) in [5.74, 6) is 4.54. The second-order valence-electron chi connectivity index (χ2n) is 9.47. The average molecular weight is 490 g/mol. The van der Waals surface area contributed by atoms with Gasteiger partial charge in [-0.1, -0.05) is 6.07 Å². The molecule has 0 saturated carbocycles. The van der Waals surface area contributed by atoms with Gasteiger partial charge in [-0.25, -0.2) is 4.98 Å². The highest BCUT2D eigenvalue weighted by Gasteiger charge is 2.27. The molecule has 0 atom stereocenters. The number of aromatic nitrogens is 2. The molecule has 0 N–H and O–H groups in total. The van der Waals surface area contributed by atoms with Gasteiger partial charge >= 0.3 is 0 Å². The van der Waals surface area contributed by atoms with Gasteiger partial charge in [-0.2, -0.15) is 4.98 Å². The molecule has 36 heavy (non-hydrogen) atoms. The molecule has 188 valence electrons. The number of fused-ring (bicyclic) bond motifs is 2. The van der Waals surface area contributed by atoms with E-state index in [9.17, 15) is 0 Å². The molecular weight excluding hydrogens is 458 g/mol. The van der Waals surface area contributed by atoms with Crippen LogP contribution in [0.2, 0.25) is 0 Å². The lowest BCUT2D eigenvalue weighted by Crippen LogP contribution is -2.45. The zero-order valence-electron chi connectivity index (χ0n) is 20.8. The minimum Gasteiger partial charge on any atom is -0.497 e. The number of piperazine rings is 1. The molecule has 6 rings (SSSR count). The van der Waals surface area contributed by atoms with Crippen LogP contribution in [0.25, 0.3) is 0 Å². The quantitative estimate of drug-likeness (QED) is 0.519. The van der Waals surface area contributed by atoms with Crippen LogP contribution in [-0.2, 0) is 19.5 Å². The summed E-state index contributed by atoms with van der Waals surface area (Å²) in [7, 11) is 3.81. The highest BCUT2D eigenvalue weighted by atomic mass is 16.7. The van der Waals surface area contributed by atoms with Gasteiger partial charge < -0.3 is 28.7 Å². The Labute approximate surface area is 211 Å². The molecule has 3 aromatic rings. The van der Waals surface area contributed by atoms with Crippen molar-refractivity contribution >= 4 is 5.95 Å². The molecule has 0 aliphatic carbocycles. The standard InChI is InChI=1S/C27H31N5O4/c1-30-11-13-32(14-12-30)27-28-23-9-10-31(16-19-3-8-24-25(15-19)35-18-34-24)17-22(23)26(29-27)36-21-6-4-20(33-2)5-7-21/h3-8,15H,9-14,16-18H2,1-2H3. The number of rotatable bonds is 6. The van der Waals surface area contributed by atoms with Crippen LogP contribution in [0.3, 0.4) is 0 Å². The number of benzene rings is 2. The van der Waals surface area contributed by atoms with Crippen molar-refractivity contribution in [2.45, 2.75) is 19.5 Å². The average Bonchev–Trinajstić information content (AvgIpc) is 3.38. The molecule has 2 aromatic carbocycles. The summed E-state index contributed by atoms with van der Waals surface area (Å²) >= 11 is 0. The van der Waals surface area contributed by atoms with E-state index in [-0.39, 0.29) is 6.79 Å². The highest BCUT2D eigenvalue weighted by Crippen LogP contribution is 2.35. The van der Waals surface area contributed by atoms with Crippen molar-refractivity contribution in [2.24, 2.45) is 0 Å². The van der Waals surface area contributed by atoms with E-state index in [0.29, 0.717) is 5.88 Å². The van der Waals surface area contributed by atoms with Crippen molar-refractivity contribution < 1.29 is 18.9 Å². The molecule has 4 heterocycles. The first-order chi connectivity index (χ1) is 17.6. The monoisotopic (exact) mass is 489 g/mol. The Bertz CT molecular complexity index is 1230. The Kier molecular flexibility index (Phi) is 6.25. The van der Waals surface area contributed by atoms with Crippen LogP contribution in [0, 0.1) is 0 Å². The number of hydrogen-bond acceptors (Lipinski definition) is 9. The largest absolute Gasteiger partial charge is 0.497 e. The van der Waals surface area contributed by atoms with Gasteiger partial charge in [-0.15, -0.1) is 0 Å². The van der Waals surface area contributed by atoms with E-state index < -0.39 is 0 Å². The smallest absolute Gasteiger partial charge is 0.231 e. The lowest BCUT2D eigenvalue weighted by atomic mass is 10.1. The Hall–Kier alpha value is -3.56. The Morgan fingerprint density at radius 3 is 2.47 bits per heavy atom. The number of methoxy groups -OCH3 is 1. The summed E-state index contributed by atoms with van der Waals surface area (Å²) in [6.45, 7) is 6.55. The summed E-state index contributed by atoms with van der Waals surface area (Å²) < 4.78 is 22.7. The van der Waals surface area contributed by atoms with Crippen LogP contribution in [0.5, 0.6) is 28.9 Å². The molecule has 0 unspecified atom stereocenters. The fourth-order valence-corrected chi connectivity index (χ4v) is 4.85. The van der Waals surface area contributed by atoms with Gasteiger partial charge in [-0.3, -0.25) is 4.90 Å². The topological polar surface area (TPSA) is 72.4 Å². The maximum absolute atomic E-state index is 6.38. The van der Waals surface area contributed by atoms with Crippen LogP contribution in [0.15, 0.2) is 42.5 Å². The molecule has 3 aliphatic rings. The summed E-state index contributed by atoms with van der Waals surface area (Å²) in [6, 6.07) is 13.8. The summed E-state index contributed by atoms with van der Waals surface area (Å²) in [5.41, 5.74) is 3.32. The van der Waals surface area contributed by atoms with E-state index in [4.69, 9.17) is 28.9 Å². The van der Waals surface area contributed by atoms with Crippen molar-refractivity contribution in [2.75, 3.05) is 58.6 Å². The number of nitrogens with zero attached hydrogens (tertiary/aromatic N) is 5. The van der Waals surface area contributed by atoms with Crippen LogP contribution in [-0.4, -0.2) is 73.4 Å². The molecule has 1 fully saturated rings. The van der Waals surface area contributed by atoms with Crippen molar-refractivity contribution in [3.05, 3.63) is 59.3 Å². The number of ether oxygens (including phenoxy) is 4. The first-order valence-corrected chi connectivity index (χ1v) is 12.4. The van der Waals surface area contributed by atoms with Crippen LogP contribution in [0.4, 0.5) is 5.95 Å². The molecule has 0 radical (unpaired) electrons. The van der Waals surface area contributed by atoms with Gasteiger partial charge in [0.2, 0.25) is 18.6 Å². The van der Waals surface area contributed by atoms with Crippen LogP contribution in [0.1, 0.15) is 16.8 Å². The van der Waals surface area contributed by atoms with Gasteiger partial charge in [0.15, 0.2) is 11.5 Å². The Morgan fingerprint density at radius 2 is 1.67 bits per heavy atom. The van der Waals surface area contributed by atoms with Crippen LogP contribution < -0.4 is 23.8 Å². The molecule has 1 saturated heterocycles. The number of likely N-dealkylation sites (N-methyl/N-ethyl adjacent to an activating group) is 1. The van der Waals surface area contributed by atoms with Crippen molar-refractivity contribution in [1.29, 1.82) is 0 Å². The van der Waals surface area contributed by atoms with E-state index in [1.807, 2.05) is 30.3 Å². The highest BCUT2D eigenvalue weighted by molar-refractivity contribution is 5.46. The minimum absolute atomic E-state index is 0.287. The Balaban J connectivity index is 1.27. The summed E-state index contributed by atoms with van der Waals surface area (Å²) in [4.78, 5) is 17.0. The fourth-order valence-electron chi connectivity index (χ4n) is 4.85. The second-order valence-corrected chi connectivity index (χ2v) is 9.47. The molecule has 0 amide bonds. The van der Waals surface area contributed by atoms with Gasteiger partial charge in [0, 0.05) is 52.2 Å². The SMILES string of the molecule is COc1ccc(Oc2nc(N3CCN(C)CC3)nc3c2CN(Cc2ccc4c(c2)OCO4)CC3)cc1. The van der Waals surface area contributed by atoms with Gasteiger partial charge in [0.1, 0.15) is 11.5 Å². The molecule has 9 heteroatoms. The Morgan fingerprint density at radius 1 is 0.889 bits per heavy atom. The second kappa shape index (κ2) is 9.83. The number of anilines is 1. The summed E-state index contributed by atoms with van der Waals surface area (Å²) in [5, 5.41) is 0. The van der Waals surface area contributed by atoms with Gasteiger partial charge in [0.25, 0.3) is 0 Å². The van der Waals surface area contributed by atoms with E-state index in [2.05, 4.69) is 33.9 Å². The van der Waals surface area contributed by atoms with E-state index in [1.54, 1.807) is 7.11 Å². The maximum atomic E-state index is 6.38.